The first kappa shape index (κ1) is 19.6. The quantitative estimate of drug-likeness (QED) is 0.416. The van der Waals surface area contributed by atoms with Crippen LogP contribution in [0.2, 0.25) is 0 Å². The zero-order valence-corrected chi connectivity index (χ0v) is 17.2. The maximum absolute atomic E-state index is 10.6. The number of hydrogen-bond donors (Lipinski definition) is 1. The molecule has 4 aromatic rings. The smallest absolute Gasteiger partial charge is 0.169 e. The summed E-state index contributed by atoms with van der Waals surface area (Å²) in [7, 11) is 0. The maximum Gasteiger partial charge on any atom is 0.169 e. The second-order valence-electron chi connectivity index (χ2n) is 7.05. The van der Waals surface area contributed by atoms with Crippen molar-refractivity contribution in [3.8, 4) is 5.75 Å². The van der Waals surface area contributed by atoms with E-state index < -0.39 is 6.10 Å². The molecule has 0 amide bonds. The van der Waals surface area contributed by atoms with E-state index in [9.17, 15) is 5.11 Å². The zero-order valence-electron chi connectivity index (χ0n) is 16.4. The average Bonchev–Trinajstić information content (AvgIpc) is 3.10. The average molecular weight is 405 g/mol. The van der Waals surface area contributed by atoms with Crippen LogP contribution < -0.4 is 4.74 Å². The number of thioether (sulfide) groups is 1. The predicted molar refractivity (Wildman–Crippen MR) is 118 cm³/mol. The molecule has 148 valence electrons. The van der Waals surface area contributed by atoms with E-state index in [4.69, 9.17) is 9.72 Å². The Labute approximate surface area is 175 Å². The van der Waals surface area contributed by atoms with Crippen LogP contribution in [0.1, 0.15) is 11.1 Å². The van der Waals surface area contributed by atoms with Crippen molar-refractivity contribution in [1.82, 2.24) is 9.55 Å². The minimum Gasteiger partial charge on any atom is -0.491 e. The fraction of sp³-hybridized carbons (Fsp3) is 0.208. The lowest BCUT2D eigenvalue weighted by molar-refractivity contribution is 0.0914. The van der Waals surface area contributed by atoms with Crippen molar-refractivity contribution in [2.45, 2.75) is 30.5 Å². The molecular weight excluding hydrogens is 380 g/mol. The largest absolute Gasteiger partial charge is 0.491 e. The number of fused-ring (bicyclic) bond motifs is 1. The minimum absolute atomic E-state index is 0.234. The van der Waals surface area contributed by atoms with Crippen LogP contribution in [0.25, 0.3) is 11.0 Å². The number of benzene rings is 3. The highest BCUT2D eigenvalue weighted by Crippen LogP contribution is 2.27. The number of aliphatic hydroxyl groups excluding tert-OH is 1. The molecule has 5 heteroatoms. The predicted octanol–water partition coefficient (Wildman–Crippen LogP) is 5.08. The Morgan fingerprint density at radius 3 is 2.48 bits per heavy atom. The number of rotatable bonds is 8. The minimum atomic E-state index is -0.634. The molecule has 4 nitrogen and oxygen atoms in total. The normalized spacial score (nSPS) is 12.2. The number of nitrogens with zero attached hydrogens (tertiary/aromatic N) is 2. The molecule has 0 spiro atoms. The fourth-order valence-corrected chi connectivity index (χ4v) is 4.13. The van der Waals surface area contributed by atoms with Gasteiger partial charge in [0.2, 0.25) is 0 Å². The van der Waals surface area contributed by atoms with Crippen molar-refractivity contribution in [1.29, 1.82) is 0 Å². The Balaban J connectivity index is 1.48. The lowest BCUT2D eigenvalue weighted by Gasteiger charge is -2.15. The second-order valence-corrected chi connectivity index (χ2v) is 7.99. The van der Waals surface area contributed by atoms with Crippen LogP contribution in [0.4, 0.5) is 0 Å². The molecule has 0 fully saturated rings. The highest BCUT2D eigenvalue weighted by atomic mass is 32.2. The van der Waals surface area contributed by atoms with Crippen molar-refractivity contribution >= 4 is 22.8 Å². The van der Waals surface area contributed by atoms with Gasteiger partial charge in [-0.15, -0.1) is 0 Å². The van der Waals surface area contributed by atoms with Gasteiger partial charge in [-0.2, -0.15) is 0 Å². The van der Waals surface area contributed by atoms with Gasteiger partial charge >= 0.3 is 0 Å². The number of aryl methyl sites for hydroxylation is 1. The molecule has 1 heterocycles. The van der Waals surface area contributed by atoms with Crippen LogP contribution in [0.5, 0.6) is 5.75 Å². The van der Waals surface area contributed by atoms with Gasteiger partial charge in [0.1, 0.15) is 18.5 Å². The third kappa shape index (κ3) is 5.00. The Bertz CT molecular complexity index is 1060. The van der Waals surface area contributed by atoms with Crippen molar-refractivity contribution in [2.75, 3.05) is 6.61 Å². The van der Waals surface area contributed by atoms with E-state index in [2.05, 4.69) is 16.7 Å². The van der Waals surface area contributed by atoms with Crippen molar-refractivity contribution in [3.63, 3.8) is 0 Å². The monoisotopic (exact) mass is 404 g/mol. The van der Waals surface area contributed by atoms with E-state index in [1.54, 1.807) is 11.8 Å². The molecule has 0 aliphatic heterocycles. The van der Waals surface area contributed by atoms with Crippen LogP contribution in [0, 0.1) is 6.92 Å². The number of aromatic nitrogens is 2. The van der Waals surface area contributed by atoms with Gasteiger partial charge in [-0.1, -0.05) is 71.9 Å². The molecule has 1 N–H and O–H groups in total. The number of aliphatic hydroxyl groups is 1. The summed E-state index contributed by atoms with van der Waals surface area (Å²) in [4.78, 5) is 4.78. The summed E-state index contributed by atoms with van der Waals surface area (Å²) in [6, 6.07) is 26.2. The second kappa shape index (κ2) is 9.16. The van der Waals surface area contributed by atoms with Crippen molar-refractivity contribution in [3.05, 3.63) is 90.0 Å². The summed E-state index contributed by atoms with van der Waals surface area (Å²) in [5, 5.41) is 11.5. The molecular formula is C24H24N2O2S. The molecule has 29 heavy (non-hydrogen) atoms. The van der Waals surface area contributed by atoms with Gasteiger partial charge in [0.15, 0.2) is 5.16 Å². The molecule has 0 aliphatic carbocycles. The topological polar surface area (TPSA) is 47.3 Å². The molecule has 0 aliphatic rings. The molecule has 1 atom stereocenters. The summed E-state index contributed by atoms with van der Waals surface area (Å²) in [6.07, 6.45) is -0.634. The molecule has 3 aromatic carbocycles. The summed E-state index contributed by atoms with van der Waals surface area (Å²) in [6.45, 7) is 2.71. The lowest BCUT2D eigenvalue weighted by atomic mass is 10.2. The van der Waals surface area contributed by atoms with Gasteiger partial charge in [-0.25, -0.2) is 4.98 Å². The van der Waals surface area contributed by atoms with Crippen molar-refractivity contribution in [2.24, 2.45) is 0 Å². The molecule has 0 saturated heterocycles. The summed E-state index contributed by atoms with van der Waals surface area (Å²) in [5.41, 5.74) is 4.40. The molecule has 4 rings (SSSR count). The van der Waals surface area contributed by atoms with Gasteiger partial charge in [0, 0.05) is 5.75 Å². The van der Waals surface area contributed by atoms with Gasteiger partial charge in [-0.3, -0.25) is 0 Å². The zero-order chi connectivity index (χ0) is 20.1. The van der Waals surface area contributed by atoms with Crippen LogP contribution in [-0.4, -0.2) is 27.4 Å². The van der Waals surface area contributed by atoms with E-state index in [1.807, 2.05) is 73.7 Å². The van der Waals surface area contributed by atoms with E-state index in [0.717, 1.165) is 27.7 Å². The lowest BCUT2D eigenvalue weighted by Crippen LogP contribution is -2.24. The number of ether oxygens (including phenoxy) is 1. The maximum atomic E-state index is 10.6. The number of imidazole rings is 1. The highest BCUT2D eigenvalue weighted by molar-refractivity contribution is 7.98. The van der Waals surface area contributed by atoms with Gasteiger partial charge < -0.3 is 14.4 Å². The molecule has 0 saturated carbocycles. The van der Waals surface area contributed by atoms with Crippen LogP contribution >= 0.6 is 11.8 Å². The van der Waals surface area contributed by atoms with E-state index in [0.29, 0.717) is 6.54 Å². The molecule has 1 unspecified atom stereocenters. The third-order valence-electron chi connectivity index (χ3n) is 4.69. The Hall–Kier alpha value is -2.76. The van der Waals surface area contributed by atoms with Gasteiger partial charge in [-0.05, 0) is 36.8 Å². The van der Waals surface area contributed by atoms with E-state index >= 15 is 0 Å². The standard InChI is InChI=1S/C24H24N2O2S/c1-18-11-13-21(14-12-18)28-16-20(27)15-26-23-10-6-5-9-22(23)25-24(26)29-17-19-7-3-2-4-8-19/h2-14,20,27H,15-17H2,1H3. The molecule has 0 radical (unpaired) electrons. The molecule has 1 aromatic heterocycles. The Morgan fingerprint density at radius 2 is 1.69 bits per heavy atom. The number of para-hydroxylation sites is 2. The van der Waals surface area contributed by atoms with E-state index in [-0.39, 0.29) is 6.61 Å². The van der Waals surface area contributed by atoms with Crippen molar-refractivity contribution < 1.29 is 9.84 Å². The van der Waals surface area contributed by atoms with Crippen LogP contribution in [-0.2, 0) is 12.3 Å². The van der Waals surface area contributed by atoms with Crippen LogP contribution in [0.15, 0.2) is 84.0 Å². The SMILES string of the molecule is Cc1ccc(OCC(O)Cn2c(SCc3ccccc3)nc3ccccc32)cc1. The first-order valence-corrected chi connectivity index (χ1v) is 10.7. The van der Waals surface area contributed by atoms with Gasteiger partial charge in [0.25, 0.3) is 0 Å². The first-order valence-electron chi connectivity index (χ1n) is 9.68. The molecule has 0 bridgehead atoms. The number of hydrogen-bond acceptors (Lipinski definition) is 4. The summed E-state index contributed by atoms with van der Waals surface area (Å²) >= 11 is 1.68. The van der Waals surface area contributed by atoms with E-state index in [1.165, 1.54) is 11.1 Å². The Morgan fingerprint density at radius 1 is 0.966 bits per heavy atom. The third-order valence-corrected chi connectivity index (χ3v) is 5.73. The van der Waals surface area contributed by atoms with Gasteiger partial charge in [0.05, 0.1) is 17.6 Å². The summed E-state index contributed by atoms with van der Waals surface area (Å²) < 4.78 is 7.85. The summed E-state index contributed by atoms with van der Waals surface area (Å²) in [5.74, 6) is 1.60. The van der Waals surface area contributed by atoms with Crippen LogP contribution in [0.3, 0.4) is 0 Å². The Kier molecular flexibility index (Phi) is 6.17. The highest BCUT2D eigenvalue weighted by Gasteiger charge is 2.15. The first-order chi connectivity index (χ1) is 14.2. The fourth-order valence-electron chi connectivity index (χ4n) is 3.15.